The Bertz CT molecular complexity index is 108. The summed E-state index contributed by atoms with van der Waals surface area (Å²) in [5, 5.41) is 0. The van der Waals surface area contributed by atoms with E-state index < -0.39 is 0 Å². The highest BCUT2D eigenvalue weighted by atomic mass is 16.5. The van der Waals surface area contributed by atoms with Crippen LogP contribution in [0.25, 0.3) is 0 Å². The first kappa shape index (κ1) is 10.0. The summed E-state index contributed by atoms with van der Waals surface area (Å²) in [5.74, 6) is 1.84. The van der Waals surface area contributed by atoms with E-state index in [9.17, 15) is 0 Å². The van der Waals surface area contributed by atoms with Gasteiger partial charge in [0, 0.05) is 13.7 Å². The van der Waals surface area contributed by atoms with Crippen LogP contribution >= 0.6 is 0 Å². The van der Waals surface area contributed by atoms with Gasteiger partial charge in [0.15, 0.2) is 0 Å². The number of methoxy groups -OCH3 is 1. The van der Waals surface area contributed by atoms with Crippen molar-refractivity contribution in [2.45, 2.75) is 45.4 Å². The van der Waals surface area contributed by atoms with Gasteiger partial charge in [0.25, 0.3) is 0 Å². The predicted octanol–water partition coefficient (Wildman–Crippen LogP) is 3.24. The summed E-state index contributed by atoms with van der Waals surface area (Å²) in [5.41, 5.74) is 0. The number of hydrogen-bond donors (Lipinski definition) is 0. The molecule has 1 heteroatoms. The topological polar surface area (TPSA) is 9.23 Å². The number of rotatable bonds is 6. The zero-order valence-electron chi connectivity index (χ0n) is 8.51. The minimum absolute atomic E-state index is 0.759. The van der Waals surface area contributed by atoms with Crippen LogP contribution in [0.3, 0.4) is 0 Å². The summed E-state index contributed by atoms with van der Waals surface area (Å²) in [7, 11) is 1.79. The molecular formula is C11H22O. The Labute approximate surface area is 76.5 Å². The van der Waals surface area contributed by atoms with Crippen molar-refractivity contribution in [3.05, 3.63) is 0 Å². The van der Waals surface area contributed by atoms with Crippen LogP contribution in [0.2, 0.25) is 0 Å². The van der Waals surface area contributed by atoms with E-state index >= 15 is 0 Å². The van der Waals surface area contributed by atoms with Crippen LogP contribution in [0, 0.1) is 11.8 Å². The van der Waals surface area contributed by atoms with Gasteiger partial charge in [-0.15, -0.1) is 0 Å². The Morgan fingerprint density at radius 1 is 1.42 bits per heavy atom. The molecule has 1 nitrogen and oxygen atoms in total. The normalized spacial score (nSPS) is 20.5. The lowest BCUT2D eigenvalue weighted by Gasteiger charge is -2.25. The van der Waals surface area contributed by atoms with Crippen molar-refractivity contribution in [2.24, 2.45) is 11.8 Å². The summed E-state index contributed by atoms with van der Waals surface area (Å²) in [6.45, 7) is 3.22. The SMILES string of the molecule is COCC(C)CCCC1CCC1. The van der Waals surface area contributed by atoms with Gasteiger partial charge >= 0.3 is 0 Å². The average Bonchev–Trinajstić information content (AvgIpc) is 1.95. The lowest BCUT2D eigenvalue weighted by molar-refractivity contribution is 0.151. The third kappa shape index (κ3) is 3.57. The van der Waals surface area contributed by atoms with Crippen molar-refractivity contribution in [1.82, 2.24) is 0 Å². The van der Waals surface area contributed by atoms with E-state index in [0.717, 1.165) is 18.4 Å². The minimum atomic E-state index is 0.759. The molecule has 0 bridgehead atoms. The number of hydrogen-bond acceptors (Lipinski definition) is 1. The van der Waals surface area contributed by atoms with Crippen LogP contribution in [-0.2, 0) is 4.74 Å². The fourth-order valence-corrected chi connectivity index (χ4v) is 1.90. The largest absolute Gasteiger partial charge is 0.384 e. The second kappa shape index (κ2) is 5.58. The summed E-state index contributed by atoms with van der Waals surface area (Å²) in [4.78, 5) is 0. The molecule has 0 heterocycles. The molecule has 0 aliphatic heterocycles. The molecular weight excluding hydrogens is 148 g/mol. The van der Waals surface area contributed by atoms with Crippen LogP contribution in [0.5, 0.6) is 0 Å². The average molecular weight is 170 g/mol. The van der Waals surface area contributed by atoms with Crippen LogP contribution in [0.15, 0.2) is 0 Å². The highest BCUT2D eigenvalue weighted by Gasteiger charge is 2.16. The molecule has 1 atom stereocenters. The molecule has 0 aromatic carbocycles. The highest BCUT2D eigenvalue weighted by Crippen LogP contribution is 2.31. The van der Waals surface area contributed by atoms with Gasteiger partial charge in [0.1, 0.15) is 0 Å². The van der Waals surface area contributed by atoms with Crippen molar-refractivity contribution in [2.75, 3.05) is 13.7 Å². The van der Waals surface area contributed by atoms with Crippen LogP contribution < -0.4 is 0 Å². The standard InChI is InChI=1S/C11H22O/c1-10(9-12-2)5-3-6-11-7-4-8-11/h10-11H,3-9H2,1-2H3. The molecule has 1 unspecified atom stereocenters. The zero-order chi connectivity index (χ0) is 8.81. The van der Waals surface area contributed by atoms with Crippen molar-refractivity contribution in [1.29, 1.82) is 0 Å². The van der Waals surface area contributed by atoms with E-state index in [1.54, 1.807) is 7.11 Å². The molecule has 1 aliphatic carbocycles. The van der Waals surface area contributed by atoms with E-state index in [4.69, 9.17) is 4.74 Å². The second-order valence-corrected chi connectivity index (χ2v) is 4.29. The molecule has 1 rings (SSSR count). The quantitative estimate of drug-likeness (QED) is 0.594. The Morgan fingerprint density at radius 2 is 2.17 bits per heavy atom. The third-order valence-corrected chi connectivity index (χ3v) is 2.99. The summed E-state index contributed by atoms with van der Waals surface area (Å²) in [6, 6.07) is 0. The lowest BCUT2D eigenvalue weighted by Crippen LogP contribution is -2.11. The first-order valence-electron chi connectivity index (χ1n) is 5.32. The Morgan fingerprint density at radius 3 is 2.67 bits per heavy atom. The monoisotopic (exact) mass is 170 g/mol. The third-order valence-electron chi connectivity index (χ3n) is 2.99. The fourth-order valence-electron chi connectivity index (χ4n) is 1.90. The summed E-state index contributed by atoms with van der Waals surface area (Å²) < 4.78 is 5.10. The Balaban J connectivity index is 1.86. The molecule has 1 aliphatic rings. The molecule has 1 saturated carbocycles. The molecule has 0 saturated heterocycles. The molecule has 0 spiro atoms. The summed E-state index contributed by atoms with van der Waals surface area (Å²) >= 11 is 0. The maximum absolute atomic E-state index is 5.10. The van der Waals surface area contributed by atoms with E-state index in [1.165, 1.54) is 38.5 Å². The van der Waals surface area contributed by atoms with E-state index in [0.29, 0.717) is 0 Å². The Kier molecular flexibility index (Phi) is 4.67. The van der Waals surface area contributed by atoms with Crippen LogP contribution in [0.1, 0.15) is 45.4 Å². The van der Waals surface area contributed by atoms with E-state index in [2.05, 4.69) is 6.92 Å². The Hall–Kier alpha value is -0.0400. The maximum atomic E-state index is 5.10. The first-order valence-corrected chi connectivity index (χ1v) is 5.32. The van der Waals surface area contributed by atoms with E-state index in [-0.39, 0.29) is 0 Å². The minimum Gasteiger partial charge on any atom is -0.384 e. The first-order chi connectivity index (χ1) is 5.83. The van der Waals surface area contributed by atoms with Crippen molar-refractivity contribution >= 4 is 0 Å². The smallest absolute Gasteiger partial charge is 0.0487 e. The van der Waals surface area contributed by atoms with Gasteiger partial charge in [-0.25, -0.2) is 0 Å². The molecule has 12 heavy (non-hydrogen) atoms. The van der Waals surface area contributed by atoms with Gasteiger partial charge in [-0.3, -0.25) is 0 Å². The molecule has 0 amide bonds. The molecule has 0 aromatic heterocycles. The van der Waals surface area contributed by atoms with Crippen molar-refractivity contribution in [3.63, 3.8) is 0 Å². The second-order valence-electron chi connectivity index (χ2n) is 4.29. The van der Waals surface area contributed by atoms with Crippen molar-refractivity contribution in [3.8, 4) is 0 Å². The lowest BCUT2D eigenvalue weighted by atomic mass is 9.81. The number of ether oxygens (including phenoxy) is 1. The van der Waals surface area contributed by atoms with Crippen LogP contribution in [-0.4, -0.2) is 13.7 Å². The molecule has 0 radical (unpaired) electrons. The predicted molar refractivity (Wildman–Crippen MR) is 52.2 cm³/mol. The fraction of sp³-hybridized carbons (Fsp3) is 1.00. The molecule has 72 valence electrons. The zero-order valence-corrected chi connectivity index (χ0v) is 8.51. The van der Waals surface area contributed by atoms with Gasteiger partial charge in [-0.2, -0.15) is 0 Å². The summed E-state index contributed by atoms with van der Waals surface area (Å²) in [6.07, 6.45) is 8.71. The molecule has 0 aromatic rings. The van der Waals surface area contributed by atoms with Gasteiger partial charge in [-0.05, 0) is 18.3 Å². The maximum Gasteiger partial charge on any atom is 0.0487 e. The van der Waals surface area contributed by atoms with Gasteiger partial charge in [0.2, 0.25) is 0 Å². The van der Waals surface area contributed by atoms with Gasteiger partial charge < -0.3 is 4.74 Å². The van der Waals surface area contributed by atoms with Crippen molar-refractivity contribution < 1.29 is 4.74 Å². The molecule has 0 N–H and O–H groups in total. The molecule has 1 fully saturated rings. The van der Waals surface area contributed by atoms with Gasteiger partial charge in [-0.1, -0.05) is 39.0 Å². The highest BCUT2D eigenvalue weighted by molar-refractivity contribution is 4.69. The van der Waals surface area contributed by atoms with E-state index in [1.807, 2.05) is 0 Å². The van der Waals surface area contributed by atoms with Crippen LogP contribution in [0.4, 0.5) is 0 Å². The van der Waals surface area contributed by atoms with Gasteiger partial charge in [0.05, 0.1) is 0 Å².